The molecule has 0 fully saturated rings. The summed E-state index contributed by atoms with van der Waals surface area (Å²) in [4.78, 5) is 0. The summed E-state index contributed by atoms with van der Waals surface area (Å²) >= 11 is 0. The Morgan fingerprint density at radius 3 is 1.28 bits per heavy atom. The van der Waals surface area contributed by atoms with E-state index in [1.165, 1.54) is 14.1 Å². The molecule has 0 rings (SSSR count). The molecule has 0 aliphatic heterocycles. The maximum absolute atomic E-state index is 11.6. The standard InChI is InChI=1S/C8H14F6NO2.ClH/c1-15(2,3-5-16-7(9,10)11)4-6-17-8(12,13)14;/h3-6H2,1-2H3;1H/q+1;/p-1. The quantitative estimate of drug-likeness (QED) is 0.470. The van der Waals surface area contributed by atoms with Gasteiger partial charge in [0, 0.05) is 0 Å². The molecule has 112 valence electrons. The maximum atomic E-state index is 11.6. The largest absolute Gasteiger partial charge is 1.00 e. The molecule has 0 aliphatic carbocycles. The highest BCUT2D eigenvalue weighted by molar-refractivity contribution is 4.38. The maximum Gasteiger partial charge on any atom is 0.522 e. The molecule has 0 N–H and O–H groups in total. The molecule has 0 atom stereocenters. The summed E-state index contributed by atoms with van der Waals surface area (Å²) in [5.41, 5.74) is 0. The fourth-order valence-corrected chi connectivity index (χ4v) is 0.929. The molecule has 0 spiro atoms. The minimum atomic E-state index is -4.72. The van der Waals surface area contributed by atoms with Crippen LogP contribution in [0.4, 0.5) is 26.3 Å². The smallest absolute Gasteiger partial charge is 0.522 e. The number of ether oxygens (including phenoxy) is 2. The third-order valence-electron chi connectivity index (χ3n) is 1.92. The molecule has 3 nitrogen and oxygen atoms in total. The van der Waals surface area contributed by atoms with E-state index in [0.717, 1.165) is 0 Å². The third kappa shape index (κ3) is 13.8. The average Bonchev–Trinajstić information content (AvgIpc) is 1.96. The van der Waals surface area contributed by atoms with Crippen LogP contribution in [0.2, 0.25) is 0 Å². The van der Waals surface area contributed by atoms with E-state index >= 15 is 0 Å². The van der Waals surface area contributed by atoms with E-state index in [-0.39, 0.29) is 30.0 Å². The zero-order chi connectivity index (χ0) is 13.7. The second kappa shape index (κ2) is 7.37. The van der Waals surface area contributed by atoms with Crippen molar-refractivity contribution in [1.82, 2.24) is 0 Å². The van der Waals surface area contributed by atoms with Crippen molar-refractivity contribution in [2.45, 2.75) is 12.7 Å². The van der Waals surface area contributed by atoms with Gasteiger partial charge in [-0.3, -0.25) is 9.47 Å². The molecule has 0 unspecified atom stereocenters. The zero-order valence-electron chi connectivity index (χ0n) is 9.74. The first-order chi connectivity index (χ1) is 7.41. The first-order valence-corrected chi connectivity index (χ1v) is 4.65. The Balaban J connectivity index is 0. The summed E-state index contributed by atoms with van der Waals surface area (Å²) in [7, 11) is 2.97. The van der Waals surface area contributed by atoms with Gasteiger partial charge in [0.2, 0.25) is 0 Å². The molecule has 0 aromatic rings. The van der Waals surface area contributed by atoms with Gasteiger partial charge in [0.1, 0.15) is 26.3 Å². The van der Waals surface area contributed by atoms with Crippen LogP contribution in [-0.4, -0.2) is 57.6 Å². The monoisotopic (exact) mass is 305 g/mol. The van der Waals surface area contributed by atoms with Crippen molar-refractivity contribution >= 4 is 0 Å². The molecule has 0 heterocycles. The van der Waals surface area contributed by atoms with Gasteiger partial charge < -0.3 is 16.9 Å². The number of hydrogen-bond acceptors (Lipinski definition) is 2. The summed E-state index contributed by atoms with van der Waals surface area (Å²) in [6.07, 6.45) is -9.44. The summed E-state index contributed by atoms with van der Waals surface area (Å²) in [5, 5.41) is 0. The van der Waals surface area contributed by atoms with E-state index in [1.807, 2.05) is 0 Å². The average molecular weight is 306 g/mol. The van der Waals surface area contributed by atoms with Crippen molar-refractivity contribution in [2.75, 3.05) is 40.4 Å². The van der Waals surface area contributed by atoms with Crippen molar-refractivity contribution in [2.24, 2.45) is 0 Å². The van der Waals surface area contributed by atoms with Crippen LogP contribution in [0.1, 0.15) is 0 Å². The molecule has 0 saturated carbocycles. The first-order valence-electron chi connectivity index (χ1n) is 4.65. The van der Waals surface area contributed by atoms with Crippen LogP contribution in [0.3, 0.4) is 0 Å². The Morgan fingerprint density at radius 1 is 0.778 bits per heavy atom. The molecular weight excluding hydrogens is 292 g/mol. The predicted molar refractivity (Wildman–Crippen MR) is 45.9 cm³/mol. The summed E-state index contributed by atoms with van der Waals surface area (Å²) in [5.74, 6) is 0. The van der Waals surface area contributed by atoms with Gasteiger partial charge in [-0.2, -0.15) is 0 Å². The van der Waals surface area contributed by atoms with Crippen molar-refractivity contribution < 1.29 is 52.7 Å². The van der Waals surface area contributed by atoms with Crippen LogP contribution in [0.5, 0.6) is 0 Å². The van der Waals surface area contributed by atoms with Crippen molar-refractivity contribution in [1.29, 1.82) is 0 Å². The predicted octanol–water partition coefficient (Wildman–Crippen LogP) is -0.860. The number of quaternary nitrogens is 1. The van der Waals surface area contributed by atoms with Crippen LogP contribution >= 0.6 is 0 Å². The second-order valence-electron chi connectivity index (χ2n) is 3.97. The Hall–Kier alpha value is -0.250. The zero-order valence-corrected chi connectivity index (χ0v) is 10.5. The third-order valence-corrected chi connectivity index (χ3v) is 1.92. The number of halogens is 7. The Bertz CT molecular complexity index is 209. The van der Waals surface area contributed by atoms with Crippen LogP contribution in [0.15, 0.2) is 0 Å². The lowest BCUT2D eigenvalue weighted by molar-refractivity contribution is -0.892. The Kier molecular flexibility index (Phi) is 8.22. The number of nitrogens with zero attached hydrogens (tertiary/aromatic N) is 1. The van der Waals surface area contributed by atoms with E-state index in [1.54, 1.807) is 0 Å². The van der Waals surface area contributed by atoms with E-state index in [0.29, 0.717) is 0 Å². The van der Waals surface area contributed by atoms with Gasteiger partial charge in [-0.25, -0.2) is 0 Å². The number of alkyl halides is 6. The van der Waals surface area contributed by atoms with Gasteiger partial charge in [-0.05, 0) is 0 Å². The molecule has 0 radical (unpaired) electrons. The second-order valence-corrected chi connectivity index (χ2v) is 3.97. The number of likely N-dealkylation sites (N-methyl/N-ethyl adjacent to an activating group) is 1. The van der Waals surface area contributed by atoms with Crippen LogP contribution < -0.4 is 12.4 Å². The van der Waals surface area contributed by atoms with Gasteiger partial charge in [-0.15, -0.1) is 26.3 Å². The van der Waals surface area contributed by atoms with Gasteiger partial charge >= 0.3 is 12.7 Å². The van der Waals surface area contributed by atoms with Gasteiger partial charge in [0.25, 0.3) is 0 Å². The highest BCUT2D eigenvalue weighted by Crippen LogP contribution is 2.17. The molecule has 0 amide bonds. The Labute approximate surface area is 107 Å². The van der Waals surface area contributed by atoms with Gasteiger partial charge in [0.15, 0.2) is 0 Å². The molecule has 18 heavy (non-hydrogen) atoms. The lowest BCUT2D eigenvalue weighted by Crippen LogP contribution is -3.00. The van der Waals surface area contributed by atoms with E-state index in [9.17, 15) is 26.3 Å². The lowest BCUT2D eigenvalue weighted by atomic mass is 10.4. The fourth-order valence-electron chi connectivity index (χ4n) is 0.929. The van der Waals surface area contributed by atoms with Crippen molar-refractivity contribution in [3.63, 3.8) is 0 Å². The summed E-state index contributed by atoms with van der Waals surface area (Å²) in [6.45, 7) is -1.35. The fraction of sp³-hybridized carbons (Fsp3) is 1.00. The Morgan fingerprint density at radius 2 is 1.06 bits per heavy atom. The molecule has 0 aromatic heterocycles. The molecule has 0 aromatic carbocycles. The van der Waals surface area contributed by atoms with Crippen LogP contribution in [0, 0.1) is 0 Å². The SMILES string of the molecule is C[N+](C)(CCOC(F)(F)F)CCOC(F)(F)F.[Cl-]. The molecule has 0 aliphatic rings. The normalized spacial score (nSPS) is 13.3. The van der Waals surface area contributed by atoms with E-state index < -0.39 is 25.9 Å². The minimum Gasteiger partial charge on any atom is -1.00 e. The van der Waals surface area contributed by atoms with Gasteiger partial charge in [0.05, 0.1) is 14.1 Å². The molecule has 0 saturated heterocycles. The lowest BCUT2D eigenvalue weighted by Gasteiger charge is -2.29. The van der Waals surface area contributed by atoms with Crippen molar-refractivity contribution in [3.05, 3.63) is 0 Å². The van der Waals surface area contributed by atoms with Gasteiger partial charge in [-0.1, -0.05) is 0 Å². The molecule has 10 heteroatoms. The van der Waals surface area contributed by atoms with E-state index in [2.05, 4.69) is 9.47 Å². The summed E-state index contributed by atoms with van der Waals surface area (Å²) in [6, 6.07) is 0. The molecular formula is C8H14ClF6NO2. The number of rotatable bonds is 6. The first kappa shape index (κ1) is 20.1. The highest BCUT2D eigenvalue weighted by atomic mass is 35.5. The number of hydrogen-bond donors (Lipinski definition) is 0. The summed E-state index contributed by atoms with van der Waals surface area (Å²) < 4.78 is 76.8. The highest BCUT2D eigenvalue weighted by Gasteiger charge is 2.32. The topological polar surface area (TPSA) is 18.5 Å². The van der Waals surface area contributed by atoms with Crippen molar-refractivity contribution in [3.8, 4) is 0 Å². The molecule has 0 bridgehead atoms. The van der Waals surface area contributed by atoms with E-state index in [4.69, 9.17) is 0 Å². The minimum absolute atomic E-state index is 0. The van der Waals surface area contributed by atoms with Crippen LogP contribution in [0.25, 0.3) is 0 Å². The van der Waals surface area contributed by atoms with Crippen LogP contribution in [-0.2, 0) is 9.47 Å².